The van der Waals surface area contributed by atoms with Crippen molar-refractivity contribution in [2.24, 2.45) is 0 Å². The van der Waals surface area contributed by atoms with E-state index in [1.165, 1.54) is 21.9 Å². The Morgan fingerprint density at radius 2 is 2.25 bits per heavy atom. The van der Waals surface area contributed by atoms with E-state index in [-0.39, 0.29) is 9.13 Å². The van der Waals surface area contributed by atoms with Crippen LogP contribution in [0.25, 0.3) is 6.08 Å². The minimum absolute atomic E-state index is 0.239. The summed E-state index contributed by atoms with van der Waals surface area (Å²) in [7, 11) is 0.239. The molecule has 0 fully saturated rings. The Morgan fingerprint density at radius 1 is 1.31 bits per heavy atom. The summed E-state index contributed by atoms with van der Waals surface area (Å²) in [6.07, 6.45) is 10.3. The van der Waals surface area contributed by atoms with Gasteiger partial charge in [0.25, 0.3) is 0 Å². The lowest BCUT2D eigenvalue weighted by molar-refractivity contribution is 1.03. The van der Waals surface area contributed by atoms with E-state index in [9.17, 15) is 0 Å². The average Bonchev–Trinajstić information content (AvgIpc) is 2.33. The molecule has 0 N–H and O–H groups in total. The van der Waals surface area contributed by atoms with Crippen molar-refractivity contribution in [1.29, 1.82) is 0 Å². The highest BCUT2D eigenvalue weighted by molar-refractivity contribution is 6.65. The highest BCUT2D eigenvalue weighted by Gasteiger charge is 2.23. The lowest BCUT2D eigenvalue weighted by Gasteiger charge is -2.27. The first kappa shape index (κ1) is 10.2. The second-order valence-corrected chi connectivity index (χ2v) is 6.53. The zero-order chi connectivity index (χ0) is 11.0. The van der Waals surface area contributed by atoms with Gasteiger partial charge in [-0.1, -0.05) is 47.7 Å². The van der Waals surface area contributed by atoms with Gasteiger partial charge in [0.2, 0.25) is 0 Å². The molecule has 0 saturated heterocycles. The van der Waals surface area contributed by atoms with Crippen molar-refractivity contribution in [2.75, 3.05) is 5.50 Å². The van der Waals surface area contributed by atoms with Gasteiger partial charge in [-0.2, -0.15) is 0 Å². The van der Waals surface area contributed by atoms with Gasteiger partial charge in [-0.05, 0) is 23.1 Å². The molecule has 0 radical (unpaired) electrons. The van der Waals surface area contributed by atoms with Crippen molar-refractivity contribution in [2.45, 2.75) is 12.3 Å². The molecule has 1 unspecified atom stereocenters. The fraction of sp³-hybridized carbons (Fsp3) is 0.214. The third kappa shape index (κ3) is 1.55. The first-order valence-electron chi connectivity index (χ1n) is 5.62. The normalized spacial score (nSPS) is 23.6. The van der Waals surface area contributed by atoms with Crippen LogP contribution in [-0.4, -0.2) is 19.8 Å². The van der Waals surface area contributed by atoms with Crippen molar-refractivity contribution in [3.05, 3.63) is 53.1 Å². The smallest absolute Gasteiger partial charge is 0.0274 e. The highest BCUT2D eigenvalue weighted by atomic mass is 35.5. The monoisotopic (exact) mass is 244 g/mol. The summed E-state index contributed by atoms with van der Waals surface area (Å²) < 4.78 is 0. The minimum Gasteiger partial charge on any atom is -0.127 e. The SMILES string of the molecule is ClC[SiH]=C1C=Cc2cccc3c2C1C=CC3. The van der Waals surface area contributed by atoms with E-state index < -0.39 is 0 Å². The van der Waals surface area contributed by atoms with E-state index in [0.717, 1.165) is 11.9 Å². The van der Waals surface area contributed by atoms with Crippen LogP contribution in [0.2, 0.25) is 0 Å². The van der Waals surface area contributed by atoms with E-state index in [1.54, 1.807) is 0 Å². The molecule has 2 heteroatoms. The number of benzene rings is 1. The molecule has 0 amide bonds. The first-order chi connectivity index (χ1) is 7.90. The number of rotatable bonds is 1. The van der Waals surface area contributed by atoms with Crippen LogP contribution in [0.3, 0.4) is 0 Å². The second kappa shape index (κ2) is 4.15. The van der Waals surface area contributed by atoms with Gasteiger partial charge in [0.1, 0.15) is 0 Å². The Labute approximate surface area is 103 Å². The van der Waals surface area contributed by atoms with Crippen molar-refractivity contribution >= 4 is 32.0 Å². The van der Waals surface area contributed by atoms with Crippen LogP contribution in [0.5, 0.6) is 0 Å². The van der Waals surface area contributed by atoms with Crippen LogP contribution in [-0.2, 0) is 6.42 Å². The van der Waals surface area contributed by atoms with E-state index in [4.69, 9.17) is 11.6 Å². The summed E-state index contributed by atoms with van der Waals surface area (Å²) in [6.45, 7) is 0. The summed E-state index contributed by atoms with van der Waals surface area (Å²) in [4.78, 5) is 0. The molecule has 0 heterocycles. The molecule has 2 aliphatic rings. The fourth-order valence-electron chi connectivity index (χ4n) is 2.61. The molecule has 80 valence electrons. The molecule has 0 aromatic heterocycles. The fourth-order valence-corrected chi connectivity index (χ4v) is 4.09. The van der Waals surface area contributed by atoms with Crippen LogP contribution in [0.1, 0.15) is 22.6 Å². The summed E-state index contributed by atoms with van der Waals surface area (Å²) in [5.74, 6) is 0.513. The Balaban J connectivity index is 2.20. The molecular weight excluding hydrogens is 232 g/mol. The maximum absolute atomic E-state index is 5.90. The summed E-state index contributed by atoms with van der Waals surface area (Å²) in [5.41, 5.74) is 5.20. The van der Waals surface area contributed by atoms with Crippen LogP contribution in [0.4, 0.5) is 0 Å². The molecular formula is C14H13ClSi. The van der Waals surface area contributed by atoms with Crippen LogP contribution in [0.15, 0.2) is 36.4 Å². The highest BCUT2D eigenvalue weighted by Crippen LogP contribution is 2.34. The molecule has 0 saturated carbocycles. The molecule has 2 aliphatic carbocycles. The number of halogens is 1. The molecule has 1 aromatic carbocycles. The molecule has 1 aromatic rings. The van der Waals surface area contributed by atoms with Gasteiger partial charge < -0.3 is 0 Å². The molecule has 3 rings (SSSR count). The van der Waals surface area contributed by atoms with Gasteiger partial charge in [-0.15, -0.1) is 11.6 Å². The number of hydrogen-bond acceptors (Lipinski definition) is 0. The number of alkyl halides is 1. The third-order valence-electron chi connectivity index (χ3n) is 3.33. The van der Waals surface area contributed by atoms with Crippen LogP contribution >= 0.6 is 11.6 Å². The molecule has 0 spiro atoms. The van der Waals surface area contributed by atoms with Gasteiger partial charge in [-0.3, -0.25) is 0 Å². The van der Waals surface area contributed by atoms with E-state index in [1.807, 2.05) is 0 Å². The summed E-state index contributed by atoms with van der Waals surface area (Å²) in [5, 5.41) is 1.53. The van der Waals surface area contributed by atoms with Crippen LogP contribution in [0, 0.1) is 0 Å². The van der Waals surface area contributed by atoms with Gasteiger partial charge in [0, 0.05) is 20.6 Å². The van der Waals surface area contributed by atoms with E-state index in [2.05, 4.69) is 42.5 Å². The molecule has 0 bridgehead atoms. The Morgan fingerprint density at radius 3 is 3.12 bits per heavy atom. The van der Waals surface area contributed by atoms with E-state index >= 15 is 0 Å². The Kier molecular flexibility index (Phi) is 2.66. The zero-order valence-corrected chi connectivity index (χ0v) is 10.9. The van der Waals surface area contributed by atoms with Crippen molar-refractivity contribution in [3.8, 4) is 0 Å². The largest absolute Gasteiger partial charge is 0.127 e. The topological polar surface area (TPSA) is 0 Å². The predicted molar refractivity (Wildman–Crippen MR) is 73.9 cm³/mol. The zero-order valence-electron chi connectivity index (χ0n) is 8.99. The molecule has 1 atom stereocenters. The number of hydrogen-bond donors (Lipinski definition) is 0. The number of allylic oxidation sites excluding steroid dienone is 3. The third-order valence-corrected chi connectivity index (χ3v) is 4.97. The maximum Gasteiger partial charge on any atom is 0.0274 e. The van der Waals surface area contributed by atoms with Crippen LogP contribution < -0.4 is 0 Å². The van der Waals surface area contributed by atoms with Gasteiger partial charge >= 0.3 is 0 Å². The van der Waals surface area contributed by atoms with Crippen molar-refractivity contribution in [3.63, 3.8) is 0 Å². The molecule has 16 heavy (non-hydrogen) atoms. The van der Waals surface area contributed by atoms with Gasteiger partial charge in [0.15, 0.2) is 0 Å². The van der Waals surface area contributed by atoms with Crippen molar-refractivity contribution < 1.29 is 0 Å². The second-order valence-electron chi connectivity index (χ2n) is 4.22. The maximum atomic E-state index is 5.90. The standard InChI is InChI=1S/C14H13ClSi/c15-9-16-13-8-7-11-4-1-3-10-5-2-6-12(13)14(10)11/h1-4,6-8,12,16H,5,9H2. The lowest BCUT2D eigenvalue weighted by atomic mass is 9.80. The molecule has 0 nitrogen and oxygen atoms in total. The first-order valence-corrected chi connectivity index (χ1v) is 7.55. The summed E-state index contributed by atoms with van der Waals surface area (Å²) in [6, 6.07) is 6.63. The van der Waals surface area contributed by atoms with Crippen molar-refractivity contribution in [1.82, 2.24) is 0 Å². The Bertz CT molecular complexity index is 511. The lowest BCUT2D eigenvalue weighted by Crippen LogP contribution is -2.20. The van der Waals surface area contributed by atoms with E-state index in [0.29, 0.717) is 5.92 Å². The minimum atomic E-state index is 0.239. The van der Waals surface area contributed by atoms with Gasteiger partial charge in [-0.25, -0.2) is 0 Å². The predicted octanol–water partition coefficient (Wildman–Crippen LogP) is 2.71. The summed E-state index contributed by atoms with van der Waals surface area (Å²) >= 11 is 5.90. The molecule has 0 aliphatic heterocycles. The quantitative estimate of drug-likeness (QED) is 0.405. The van der Waals surface area contributed by atoms with Gasteiger partial charge in [0.05, 0.1) is 0 Å². The Hall–Kier alpha value is -0.923. The average molecular weight is 245 g/mol.